The number of primary amides is 1. The molecule has 0 fully saturated rings. The molecule has 0 spiro atoms. The minimum Gasteiger partial charge on any atom is -0.370 e. The van der Waals surface area contributed by atoms with Crippen LogP contribution in [0, 0.1) is 5.92 Å². The van der Waals surface area contributed by atoms with E-state index in [1.165, 1.54) is 0 Å². The van der Waals surface area contributed by atoms with E-state index in [0.717, 1.165) is 6.29 Å². The second-order valence-corrected chi connectivity index (χ2v) is 12.3. The lowest BCUT2D eigenvalue weighted by atomic mass is 10.0. The Kier molecular flexibility index (Phi) is 5.58. The molecule has 4 heteroatoms. The van der Waals surface area contributed by atoms with E-state index in [9.17, 15) is 9.59 Å². The molecule has 0 aliphatic carbocycles. The number of hydrogen-bond donors (Lipinski definition) is 1. The quantitative estimate of drug-likeness (QED) is 0.587. The zero-order chi connectivity index (χ0) is 13.9. The molecule has 0 unspecified atom stereocenters. The van der Waals surface area contributed by atoms with E-state index >= 15 is 0 Å². The van der Waals surface area contributed by atoms with Crippen LogP contribution in [0.2, 0.25) is 23.7 Å². The third kappa shape index (κ3) is 4.26. The highest BCUT2D eigenvalue weighted by molar-refractivity contribution is 6.81. The fraction of sp³-hybridized carbons (Fsp3) is 0.846. The van der Waals surface area contributed by atoms with Crippen LogP contribution in [0.25, 0.3) is 0 Å². The van der Waals surface area contributed by atoms with Crippen molar-refractivity contribution in [3.8, 4) is 0 Å². The number of hydrogen-bond acceptors (Lipinski definition) is 2. The lowest BCUT2D eigenvalue weighted by Crippen LogP contribution is -2.46. The van der Waals surface area contributed by atoms with Gasteiger partial charge in [0.05, 0.1) is 8.07 Å². The van der Waals surface area contributed by atoms with E-state index in [1.54, 1.807) is 0 Å². The number of aldehydes is 1. The summed E-state index contributed by atoms with van der Waals surface area (Å²) < 4.78 is 0. The normalized spacial score (nSPS) is 16.4. The first-order valence-corrected chi connectivity index (χ1v) is 9.33. The Morgan fingerprint density at radius 3 is 2.12 bits per heavy atom. The minimum absolute atomic E-state index is 0.199. The Balaban J connectivity index is 5.16. The molecule has 3 nitrogen and oxygen atoms in total. The van der Waals surface area contributed by atoms with Gasteiger partial charge in [0.15, 0.2) is 0 Å². The van der Waals surface area contributed by atoms with Crippen molar-refractivity contribution in [1.29, 1.82) is 0 Å². The molecule has 0 aromatic rings. The number of amides is 1. The fourth-order valence-corrected chi connectivity index (χ4v) is 5.64. The van der Waals surface area contributed by atoms with Crippen LogP contribution in [0.5, 0.6) is 0 Å². The number of nitrogens with two attached hydrogens (primary N) is 1. The van der Waals surface area contributed by atoms with E-state index in [2.05, 4.69) is 40.8 Å². The summed E-state index contributed by atoms with van der Waals surface area (Å²) in [6.07, 6.45) is 1.88. The van der Waals surface area contributed by atoms with Crippen molar-refractivity contribution in [1.82, 2.24) is 0 Å². The Bertz CT molecular complexity index is 282. The summed E-state index contributed by atoms with van der Waals surface area (Å²) in [6.45, 7) is 13.3. The molecular formula is C13H27NO2Si. The predicted molar refractivity (Wildman–Crippen MR) is 74.6 cm³/mol. The molecule has 0 aromatic carbocycles. The van der Waals surface area contributed by atoms with E-state index in [0.29, 0.717) is 12.8 Å². The standard InChI is InChI=1S/C13H27NO2Si/c1-10(7-8-15)11(9-12(14)16)17(5,6)13(2,3)4/h8,10-11H,7,9H2,1-6H3,(H2,14,16)/t10-,11+/m1/s1. The van der Waals surface area contributed by atoms with Gasteiger partial charge in [-0.3, -0.25) is 4.79 Å². The topological polar surface area (TPSA) is 60.2 Å². The SMILES string of the molecule is C[C@H](CC=O)[C@H](CC(N)=O)[Si](C)(C)C(C)(C)C. The van der Waals surface area contributed by atoms with Crippen LogP contribution >= 0.6 is 0 Å². The zero-order valence-electron chi connectivity index (χ0n) is 12.0. The first-order chi connectivity index (χ1) is 7.54. The van der Waals surface area contributed by atoms with Crippen LogP contribution < -0.4 is 5.73 Å². The molecule has 0 aliphatic rings. The van der Waals surface area contributed by atoms with Crippen molar-refractivity contribution >= 4 is 20.3 Å². The molecule has 0 aromatic heterocycles. The van der Waals surface area contributed by atoms with Gasteiger partial charge in [0, 0.05) is 12.8 Å². The maximum Gasteiger partial charge on any atom is 0.217 e. The van der Waals surface area contributed by atoms with Crippen LogP contribution in [0.15, 0.2) is 0 Å². The molecule has 0 radical (unpaired) electrons. The second-order valence-electron chi connectivity index (χ2n) is 6.63. The summed E-state index contributed by atoms with van der Waals surface area (Å²) in [5, 5.41) is 0.199. The number of carbonyl (C=O) groups excluding carboxylic acids is 2. The largest absolute Gasteiger partial charge is 0.370 e. The van der Waals surface area contributed by atoms with Crippen LogP contribution in [-0.2, 0) is 9.59 Å². The van der Waals surface area contributed by atoms with E-state index in [1.807, 2.05) is 0 Å². The fourth-order valence-electron chi connectivity index (χ4n) is 2.26. The van der Waals surface area contributed by atoms with Crippen LogP contribution in [0.1, 0.15) is 40.5 Å². The van der Waals surface area contributed by atoms with Gasteiger partial charge in [0.2, 0.25) is 5.91 Å². The van der Waals surface area contributed by atoms with Gasteiger partial charge in [0.1, 0.15) is 6.29 Å². The monoisotopic (exact) mass is 257 g/mol. The van der Waals surface area contributed by atoms with Gasteiger partial charge in [-0.2, -0.15) is 0 Å². The van der Waals surface area contributed by atoms with Crippen molar-refractivity contribution < 1.29 is 9.59 Å². The lowest BCUT2D eigenvalue weighted by Gasteiger charge is -2.45. The number of carbonyl (C=O) groups is 2. The van der Waals surface area contributed by atoms with Crippen molar-refractivity contribution in [2.24, 2.45) is 11.7 Å². The summed E-state index contributed by atoms with van der Waals surface area (Å²) in [4.78, 5) is 21.9. The summed E-state index contributed by atoms with van der Waals surface area (Å²) in [5.41, 5.74) is 5.63. The van der Waals surface area contributed by atoms with Gasteiger partial charge in [-0.1, -0.05) is 40.8 Å². The first kappa shape index (κ1) is 16.4. The van der Waals surface area contributed by atoms with Gasteiger partial charge in [-0.25, -0.2) is 0 Å². The molecule has 0 heterocycles. The smallest absolute Gasteiger partial charge is 0.217 e. The van der Waals surface area contributed by atoms with Crippen molar-refractivity contribution in [3.63, 3.8) is 0 Å². The molecule has 0 aliphatic heterocycles. The van der Waals surface area contributed by atoms with Crippen molar-refractivity contribution in [2.75, 3.05) is 0 Å². The average molecular weight is 257 g/mol. The highest BCUT2D eigenvalue weighted by atomic mass is 28.3. The highest BCUT2D eigenvalue weighted by Crippen LogP contribution is 2.48. The molecule has 0 bridgehead atoms. The Morgan fingerprint density at radius 2 is 1.82 bits per heavy atom. The molecule has 0 rings (SSSR count). The Labute approximate surface area is 106 Å². The maximum atomic E-state index is 11.2. The average Bonchev–Trinajstić information content (AvgIpc) is 2.12. The van der Waals surface area contributed by atoms with Gasteiger partial charge >= 0.3 is 0 Å². The van der Waals surface area contributed by atoms with Crippen LogP contribution in [-0.4, -0.2) is 20.3 Å². The minimum atomic E-state index is -1.66. The summed E-state index contributed by atoms with van der Waals surface area (Å²) in [7, 11) is -1.66. The van der Waals surface area contributed by atoms with Crippen molar-refractivity contribution in [3.05, 3.63) is 0 Å². The highest BCUT2D eigenvalue weighted by Gasteiger charge is 2.44. The molecule has 2 atom stereocenters. The molecule has 100 valence electrons. The van der Waals surface area contributed by atoms with E-state index < -0.39 is 8.07 Å². The maximum absolute atomic E-state index is 11.2. The predicted octanol–water partition coefficient (Wildman–Crippen LogP) is 2.97. The Hall–Kier alpha value is -0.643. The van der Waals surface area contributed by atoms with Crippen LogP contribution in [0.3, 0.4) is 0 Å². The third-order valence-corrected chi connectivity index (χ3v) is 10.9. The van der Waals surface area contributed by atoms with Gasteiger partial charge in [-0.15, -0.1) is 0 Å². The third-order valence-electron chi connectivity index (χ3n) is 4.44. The van der Waals surface area contributed by atoms with Crippen LogP contribution in [0.4, 0.5) is 0 Å². The molecule has 1 amide bonds. The Morgan fingerprint density at radius 1 is 1.35 bits per heavy atom. The van der Waals surface area contributed by atoms with Gasteiger partial charge in [0.25, 0.3) is 0 Å². The summed E-state index contributed by atoms with van der Waals surface area (Å²) in [6, 6.07) is 0. The summed E-state index contributed by atoms with van der Waals surface area (Å²) in [5.74, 6) is -0.0153. The first-order valence-electron chi connectivity index (χ1n) is 6.26. The van der Waals surface area contributed by atoms with Crippen molar-refractivity contribution in [2.45, 2.75) is 64.2 Å². The molecule has 0 saturated heterocycles. The number of rotatable bonds is 6. The lowest BCUT2D eigenvalue weighted by molar-refractivity contribution is -0.118. The zero-order valence-corrected chi connectivity index (χ0v) is 13.0. The summed E-state index contributed by atoms with van der Waals surface area (Å²) >= 11 is 0. The van der Waals surface area contributed by atoms with E-state index in [4.69, 9.17) is 5.73 Å². The molecule has 17 heavy (non-hydrogen) atoms. The second kappa shape index (κ2) is 5.80. The molecule has 0 saturated carbocycles. The van der Waals surface area contributed by atoms with E-state index in [-0.39, 0.29) is 22.4 Å². The van der Waals surface area contributed by atoms with Gasteiger partial charge in [-0.05, 0) is 16.5 Å². The molecular weight excluding hydrogens is 230 g/mol. The van der Waals surface area contributed by atoms with Gasteiger partial charge < -0.3 is 10.5 Å². The molecule has 2 N–H and O–H groups in total.